The molecule has 1 aliphatic rings. The lowest BCUT2D eigenvalue weighted by Gasteiger charge is -2.16. The zero-order valence-corrected chi connectivity index (χ0v) is 13.0. The Kier molecular flexibility index (Phi) is 4.06. The highest BCUT2D eigenvalue weighted by Gasteiger charge is 2.09. The van der Waals surface area contributed by atoms with Gasteiger partial charge in [-0.15, -0.1) is 0 Å². The van der Waals surface area contributed by atoms with Crippen LogP contribution < -0.4 is 4.74 Å². The first kappa shape index (κ1) is 13.0. The van der Waals surface area contributed by atoms with E-state index in [1.54, 1.807) is 0 Å². The van der Waals surface area contributed by atoms with Gasteiger partial charge < -0.3 is 4.74 Å². The second-order valence-electron chi connectivity index (χ2n) is 5.05. The molecule has 0 unspecified atom stereocenters. The third kappa shape index (κ3) is 3.30. The Morgan fingerprint density at radius 1 is 0.895 bits per heavy atom. The number of ether oxygens (including phenoxy) is 1. The Hall–Kier alpha value is -1.03. The van der Waals surface area contributed by atoms with Crippen LogP contribution in [0.3, 0.4) is 0 Å². The molecule has 0 heterocycles. The maximum absolute atomic E-state index is 5.90. The first-order chi connectivity index (χ1) is 9.31. The van der Waals surface area contributed by atoms with Crippen molar-refractivity contribution in [3.05, 3.63) is 62.7 Å². The number of hydrogen-bond donors (Lipinski definition) is 0. The number of hydrogen-bond acceptors (Lipinski definition) is 1. The SMILES string of the molecule is Ic1ccc(COc2ccc3c(c2)CCCC3)cc1. The Bertz CT molecular complexity index is 560. The standard InChI is InChI=1S/C17H17IO/c18-16-8-5-13(6-9-16)12-19-17-10-7-14-3-1-2-4-15(14)11-17/h5-11H,1-4,12H2. The van der Waals surface area contributed by atoms with E-state index in [9.17, 15) is 0 Å². The molecule has 0 saturated carbocycles. The fourth-order valence-corrected chi connectivity index (χ4v) is 2.91. The summed E-state index contributed by atoms with van der Waals surface area (Å²) in [5.41, 5.74) is 4.21. The molecule has 0 N–H and O–H groups in total. The maximum atomic E-state index is 5.90. The van der Waals surface area contributed by atoms with E-state index in [1.165, 1.54) is 45.9 Å². The fraction of sp³-hybridized carbons (Fsp3) is 0.294. The minimum absolute atomic E-state index is 0.649. The van der Waals surface area contributed by atoms with E-state index >= 15 is 0 Å². The predicted octanol–water partition coefficient (Wildman–Crippen LogP) is 4.75. The molecule has 3 rings (SSSR count). The topological polar surface area (TPSA) is 9.23 Å². The molecule has 0 spiro atoms. The predicted molar refractivity (Wildman–Crippen MR) is 86.6 cm³/mol. The van der Waals surface area contributed by atoms with E-state index in [0.29, 0.717) is 6.61 Å². The molecule has 2 aromatic rings. The van der Waals surface area contributed by atoms with Crippen molar-refractivity contribution in [2.45, 2.75) is 32.3 Å². The molecule has 0 aromatic heterocycles. The van der Waals surface area contributed by atoms with Gasteiger partial charge >= 0.3 is 0 Å². The van der Waals surface area contributed by atoms with Crippen LogP contribution in [0.4, 0.5) is 0 Å². The minimum atomic E-state index is 0.649. The number of aryl methyl sites for hydroxylation is 2. The summed E-state index contributed by atoms with van der Waals surface area (Å²) < 4.78 is 7.15. The van der Waals surface area contributed by atoms with Crippen LogP contribution in [0.1, 0.15) is 29.5 Å². The number of halogens is 1. The van der Waals surface area contributed by atoms with Gasteiger partial charge in [-0.1, -0.05) is 18.2 Å². The molecule has 0 atom stereocenters. The molecule has 2 aromatic carbocycles. The Labute approximate surface area is 128 Å². The third-order valence-corrected chi connectivity index (χ3v) is 4.36. The fourth-order valence-electron chi connectivity index (χ4n) is 2.55. The molecular weight excluding hydrogens is 347 g/mol. The smallest absolute Gasteiger partial charge is 0.120 e. The van der Waals surface area contributed by atoms with Gasteiger partial charge in [0.2, 0.25) is 0 Å². The quantitative estimate of drug-likeness (QED) is 0.715. The molecule has 0 radical (unpaired) electrons. The molecule has 1 aliphatic carbocycles. The van der Waals surface area contributed by atoms with E-state index in [2.05, 4.69) is 65.1 Å². The summed E-state index contributed by atoms with van der Waals surface area (Å²) >= 11 is 2.32. The maximum Gasteiger partial charge on any atom is 0.120 e. The van der Waals surface area contributed by atoms with Crippen molar-refractivity contribution >= 4 is 22.6 Å². The largest absolute Gasteiger partial charge is 0.489 e. The average molecular weight is 364 g/mol. The van der Waals surface area contributed by atoms with Gasteiger partial charge in [-0.25, -0.2) is 0 Å². The molecule has 0 aliphatic heterocycles. The lowest BCUT2D eigenvalue weighted by molar-refractivity contribution is 0.305. The highest BCUT2D eigenvalue weighted by molar-refractivity contribution is 14.1. The number of rotatable bonds is 3. The third-order valence-electron chi connectivity index (χ3n) is 3.64. The normalized spacial score (nSPS) is 13.9. The molecule has 98 valence electrons. The van der Waals surface area contributed by atoms with Gasteiger partial charge in [-0.2, -0.15) is 0 Å². The summed E-state index contributed by atoms with van der Waals surface area (Å²) in [5.74, 6) is 0.999. The monoisotopic (exact) mass is 364 g/mol. The molecular formula is C17H17IO. The molecule has 2 heteroatoms. The van der Waals surface area contributed by atoms with Crippen molar-refractivity contribution in [2.24, 2.45) is 0 Å². The van der Waals surface area contributed by atoms with E-state index in [-0.39, 0.29) is 0 Å². The van der Waals surface area contributed by atoms with Gasteiger partial charge in [-0.05, 0) is 89.2 Å². The first-order valence-electron chi connectivity index (χ1n) is 6.80. The minimum Gasteiger partial charge on any atom is -0.489 e. The second kappa shape index (κ2) is 5.95. The highest BCUT2D eigenvalue weighted by Crippen LogP contribution is 2.25. The first-order valence-corrected chi connectivity index (χ1v) is 7.88. The van der Waals surface area contributed by atoms with Crippen LogP contribution in [0.15, 0.2) is 42.5 Å². The summed E-state index contributed by atoms with van der Waals surface area (Å²) in [6, 6.07) is 15.0. The van der Waals surface area contributed by atoms with Crippen molar-refractivity contribution in [1.29, 1.82) is 0 Å². The van der Waals surface area contributed by atoms with E-state index < -0.39 is 0 Å². The Morgan fingerprint density at radius 2 is 1.63 bits per heavy atom. The summed E-state index contributed by atoms with van der Waals surface area (Å²) in [4.78, 5) is 0. The zero-order valence-electron chi connectivity index (χ0n) is 10.9. The lowest BCUT2D eigenvalue weighted by Crippen LogP contribution is -2.03. The zero-order chi connectivity index (χ0) is 13.1. The van der Waals surface area contributed by atoms with Gasteiger partial charge in [0.15, 0.2) is 0 Å². The van der Waals surface area contributed by atoms with Crippen LogP contribution >= 0.6 is 22.6 Å². The van der Waals surface area contributed by atoms with E-state index in [0.717, 1.165) is 5.75 Å². The highest BCUT2D eigenvalue weighted by atomic mass is 127. The molecule has 0 amide bonds. The lowest BCUT2D eigenvalue weighted by atomic mass is 9.92. The summed E-state index contributed by atoms with van der Waals surface area (Å²) in [7, 11) is 0. The van der Waals surface area contributed by atoms with Crippen LogP contribution in [0.5, 0.6) is 5.75 Å². The van der Waals surface area contributed by atoms with Crippen molar-refractivity contribution in [3.8, 4) is 5.75 Å². The molecule has 0 fully saturated rings. The van der Waals surface area contributed by atoms with Gasteiger partial charge in [-0.3, -0.25) is 0 Å². The van der Waals surface area contributed by atoms with Gasteiger partial charge in [0.25, 0.3) is 0 Å². The van der Waals surface area contributed by atoms with Gasteiger partial charge in [0, 0.05) is 3.57 Å². The Balaban J connectivity index is 1.68. The second-order valence-corrected chi connectivity index (χ2v) is 6.30. The van der Waals surface area contributed by atoms with Crippen LogP contribution in [0, 0.1) is 3.57 Å². The van der Waals surface area contributed by atoms with Gasteiger partial charge in [0.05, 0.1) is 0 Å². The van der Waals surface area contributed by atoms with Crippen molar-refractivity contribution in [3.63, 3.8) is 0 Å². The molecule has 19 heavy (non-hydrogen) atoms. The van der Waals surface area contributed by atoms with Gasteiger partial charge in [0.1, 0.15) is 12.4 Å². The average Bonchev–Trinajstić information content (AvgIpc) is 2.46. The Morgan fingerprint density at radius 3 is 2.42 bits per heavy atom. The van der Waals surface area contributed by atoms with Crippen LogP contribution in [-0.4, -0.2) is 0 Å². The van der Waals surface area contributed by atoms with E-state index in [4.69, 9.17) is 4.74 Å². The number of fused-ring (bicyclic) bond motifs is 1. The van der Waals surface area contributed by atoms with Crippen LogP contribution in [0.25, 0.3) is 0 Å². The number of benzene rings is 2. The van der Waals surface area contributed by atoms with Crippen LogP contribution in [0.2, 0.25) is 0 Å². The summed E-state index contributed by atoms with van der Waals surface area (Å²) in [6.45, 7) is 0.649. The molecule has 0 saturated heterocycles. The summed E-state index contributed by atoms with van der Waals surface area (Å²) in [5, 5.41) is 0. The van der Waals surface area contributed by atoms with Crippen molar-refractivity contribution < 1.29 is 4.74 Å². The molecule has 0 bridgehead atoms. The summed E-state index contributed by atoms with van der Waals surface area (Å²) in [6.07, 6.45) is 5.08. The molecule has 1 nitrogen and oxygen atoms in total. The van der Waals surface area contributed by atoms with Crippen molar-refractivity contribution in [2.75, 3.05) is 0 Å². The van der Waals surface area contributed by atoms with E-state index in [1.807, 2.05) is 0 Å². The van der Waals surface area contributed by atoms with Crippen LogP contribution in [-0.2, 0) is 19.4 Å². The van der Waals surface area contributed by atoms with Crippen molar-refractivity contribution in [1.82, 2.24) is 0 Å².